The second-order valence-corrected chi connectivity index (χ2v) is 7.03. The maximum absolute atomic E-state index is 12.3. The van der Waals surface area contributed by atoms with Crippen molar-refractivity contribution in [1.29, 1.82) is 5.26 Å². The molecular weight excluding hydrogens is 260 g/mol. The summed E-state index contributed by atoms with van der Waals surface area (Å²) in [7, 11) is -3.47. The van der Waals surface area contributed by atoms with E-state index < -0.39 is 10.0 Å². The zero-order valence-corrected chi connectivity index (χ0v) is 11.8. The van der Waals surface area contributed by atoms with Gasteiger partial charge < -0.3 is 0 Å². The smallest absolute Gasteiger partial charge is 0.207 e. The molecule has 4 nitrogen and oxygen atoms in total. The van der Waals surface area contributed by atoms with Crippen LogP contribution in [0.25, 0.3) is 0 Å². The summed E-state index contributed by atoms with van der Waals surface area (Å²) in [4.78, 5) is 0.266. The largest absolute Gasteiger partial charge is 0.241 e. The summed E-state index contributed by atoms with van der Waals surface area (Å²) in [6.07, 6.45) is 4.21. The zero-order chi connectivity index (χ0) is 13.9. The van der Waals surface area contributed by atoms with Crippen LogP contribution in [0.5, 0.6) is 0 Å². The molecule has 0 radical (unpaired) electrons. The molecule has 0 unspecified atom stereocenters. The molecule has 102 valence electrons. The van der Waals surface area contributed by atoms with Crippen LogP contribution in [0.2, 0.25) is 0 Å². The second-order valence-electron chi connectivity index (χ2n) is 5.35. The quantitative estimate of drug-likeness (QED) is 0.919. The van der Waals surface area contributed by atoms with E-state index in [1.165, 1.54) is 0 Å². The van der Waals surface area contributed by atoms with Gasteiger partial charge in [0.1, 0.15) is 0 Å². The highest BCUT2D eigenvalue weighted by molar-refractivity contribution is 7.89. The van der Waals surface area contributed by atoms with Crippen molar-refractivity contribution in [2.45, 2.75) is 49.5 Å². The van der Waals surface area contributed by atoms with E-state index in [1.807, 2.05) is 13.0 Å². The summed E-state index contributed by atoms with van der Waals surface area (Å²) >= 11 is 0. The second kappa shape index (κ2) is 5.32. The number of hydrogen-bond donors (Lipinski definition) is 1. The third-order valence-electron chi connectivity index (χ3n) is 3.60. The molecule has 1 fully saturated rings. The van der Waals surface area contributed by atoms with E-state index in [9.17, 15) is 8.42 Å². The van der Waals surface area contributed by atoms with Gasteiger partial charge in [-0.25, -0.2) is 13.1 Å². The lowest BCUT2D eigenvalue weighted by atomic mass is 10.0. The molecule has 1 saturated carbocycles. The summed E-state index contributed by atoms with van der Waals surface area (Å²) in [5, 5.41) is 8.59. The van der Waals surface area contributed by atoms with Gasteiger partial charge in [-0.05, 0) is 37.5 Å². The summed E-state index contributed by atoms with van der Waals surface area (Å²) in [6, 6.07) is 8.55. The minimum absolute atomic E-state index is 0.266. The van der Waals surface area contributed by atoms with Crippen molar-refractivity contribution >= 4 is 10.0 Å². The molecule has 1 aliphatic carbocycles. The Kier molecular flexibility index (Phi) is 3.93. The first-order valence-corrected chi connectivity index (χ1v) is 7.93. The Morgan fingerprint density at radius 2 is 1.84 bits per heavy atom. The van der Waals surface area contributed by atoms with Crippen molar-refractivity contribution < 1.29 is 8.42 Å². The molecule has 0 heterocycles. The van der Waals surface area contributed by atoms with Gasteiger partial charge in [-0.2, -0.15) is 5.26 Å². The third-order valence-corrected chi connectivity index (χ3v) is 5.26. The molecule has 0 spiro atoms. The van der Waals surface area contributed by atoms with Crippen LogP contribution >= 0.6 is 0 Å². The average Bonchev–Trinajstić information content (AvgIpc) is 2.76. The Hall–Kier alpha value is -1.38. The first-order chi connectivity index (χ1) is 8.95. The van der Waals surface area contributed by atoms with Gasteiger partial charge in [-0.3, -0.25) is 0 Å². The molecule has 19 heavy (non-hydrogen) atoms. The Morgan fingerprint density at radius 1 is 1.26 bits per heavy atom. The van der Waals surface area contributed by atoms with Crippen LogP contribution < -0.4 is 4.72 Å². The third kappa shape index (κ3) is 3.34. The normalized spacial score (nSPS) is 18.1. The average molecular weight is 278 g/mol. The van der Waals surface area contributed by atoms with Gasteiger partial charge in [0.2, 0.25) is 10.0 Å². The lowest BCUT2D eigenvalue weighted by Crippen LogP contribution is -2.43. The maximum atomic E-state index is 12.3. The number of rotatable bonds is 4. The van der Waals surface area contributed by atoms with Crippen molar-refractivity contribution in [1.82, 2.24) is 4.72 Å². The lowest BCUT2D eigenvalue weighted by Gasteiger charge is -2.24. The van der Waals surface area contributed by atoms with Crippen LogP contribution in [0.15, 0.2) is 29.2 Å². The summed E-state index contributed by atoms with van der Waals surface area (Å²) in [6.45, 7) is 1.96. The number of sulfonamides is 1. The summed E-state index contributed by atoms with van der Waals surface area (Å²) in [5.41, 5.74) is 0.512. The standard InChI is InChI=1S/C14H18N2O2S/c1-14(9-2-3-10-14)16-19(17,18)13-6-4-12(5-7-13)8-11-15/h4-7,16H,2-3,8-10H2,1H3. The molecule has 0 aromatic heterocycles. The number of nitrogens with zero attached hydrogens (tertiary/aromatic N) is 1. The Labute approximate surface area is 114 Å². The van der Waals surface area contributed by atoms with E-state index in [4.69, 9.17) is 5.26 Å². The van der Waals surface area contributed by atoms with E-state index in [2.05, 4.69) is 4.72 Å². The maximum Gasteiger partial charge on any atom is 0.241 e. The van der Waals surface area contributed by atoms with E-state index >= 15 is 0 Å². The molecule has 2 rings (SSSR count). The molecule has 1 aromatic rings. The summed E-state index contributed by atoms with van der Waals surface area (Å²) < 4.78 is 27.4. The molecule has 5 heteroatoms. The van der Waals surface area contributed by atoms with E-state index in [1.54, 1.807) is 24.3 Å². The van der Waals surface area contributed by atoms with Gasteiger partial charge >= 0.3 is 0 Å². The van der Waals surface area contributed by atoms with Crippen LogP contribution in [0, 0.1) is 11.3 Å². The first kappa shape index (κ1) is 14.0. The van der Waals surface area contributed by atoms with Gasteiger partial charge in [0.15, 0.2) is 0 Å². The van der Waals surface area contributed by atoms with Crippen LogP contribution in [-0.2, 0) is 16.4 Å². The molecule has 0 atom stereocenters. The topological polar surface area (TPSA) is 70.0 Å². The molecule has 0 aliphatic heterocycles. The minimum atomic E-state index is -3.47. The van der Waals surface area contributed by atoms with Crippen molar-refractivity contribution in [3.63, 3.8) is 0 Å². The van der Waals surface area contributed by atoms with Gasteiger partial charge in [0, 0.05) is 5.54 Å². The molecule has 0 bridgehead atoms. The fourth-order valence-electron chi connectivity index (χ4n) is 2.52. The fraction of sp³-hybridized carbons (Fsp3) is 0.500. The van der Waals surface area contributed by atoms with Crippen molar-refractivity contribution in [2.24, 2.45) is 0 Å². The van der Waals surface area contributed by atoms with E-state index in [0.717, 1.165) is 31.2 Å². The van der Waals surface area contributed by atoms with E-state index in [-0.39, 0.29) is 10.4 Å². The molecule has 1 N–H and O–H groups in total. The molecule has 1 aliphatic rings. The lowest BCUT2D eigenvalue weighted by molar-refractivity contribution is 0.427. The van der Waals surface area contributed by atoms with Crippen molar-refractivity contribution in [3.8, 4) is 6.07 Å². The first-order valence-electron chi connectivity index (χ1n) is 6.45. The Morgan fingerprint density at radius 3 is 2.37 bits per heavy atom. The van der Waals surface area contributed by atoms with Crippen LogP contribution in [0.3, 0.4) is 0 Å². The van der Waals surface area contributed by atoms with Crippen LogP contribution in [0.4, 0.5) is 0 Å². The summed E-state index contributed by atoms with van der Waals surface area (Å²) in [5.74, 6) is 0. The number of hydrogen-bond acceptors (Lipinski definition) is 3. The Bertz CT molecular complexity index is 579. The van der Waals surface area contributed by atoms with Crippen LogP contribution in [-0.4, -0.2) is 14.0 Å². The van der Waals surface area contributed by atoms with Gasteiger partial charge in [-0.15, -0.1) is 0 Å². The molecule has 0 amide bonds. The zero-order valence-electron chi connectivity index (χ0n) is 11.0. The highest BCUT2D eigenvalue weighted by atomic mass is 32.2. The highest BCUT2D eigenvalue weighted by Gasteiger charge is 2.33. The fourth-order valence-corrected chi connectivity index (χ4v) is 3.98. The number of benzene rings is 1. The Balaban J connectivity index is 2.17. The predicted molar refractivity (Wildman–Crippen MR) is 73.0 cm³/mol. The van der Waals surface area contributed by atoms with Gasteiger partial charge in [-0.1, -0.05) is 25.0 Å². The van der Waals surface area contributed by atoms with Crippen LogP contribution in [0.1, 0.15) is 38.2 Å². The predicted octanol–water partition coefficient (Wildman–Crippen LogP) is 2.36. The van der Waals surface area contributed by atoms with Gasteiger partial charge in [0.05, 0.1) is 17.4 Å². The van der Waals surface area contributed by atoms with E-state index in [0.29, 0.717) is 6.42 Å². The van der Waals surface area contributed by atoms with Gasteiger partial charge in [0.25, 0.3) is 0 Å². The minimum Gasteiger partial charge on any atom is -0.207 e. The molecule has 1 aromatic carbocycles. The number of nitrogens with one attached hydrogen (secondary N) is 1. The monoisotopic (exact) mass is 278 g/mol. The number of nitriles is 1. The molecular formula is C14H18N2O2S. The highest BCUT2D eigenvalue weighted by Crippen LogP contribution is 2.30. The SMILES string of the molecule is CC1(NS(=O)(=O)c2ccc(CC#N)cc2)CCCC1. The molecule has 0 saturated heterocycles. The van der Waals surface area contributed by atoms with Crippen molar-refractivity contribution in [3.05, 3.63) is 29.8 Å². The van der Waals surface area contributed by atoms with Crippen molar-refractivity contribution in [2.75, 3.05) is 0 Å².